The number of carbonyl (C=O) groups excluding carboxylic acids is 2. The van der Waals surface area contributed by atoms with Gasteiger partial charge in [-0.05, 0) is 31.1 Å². The van der Waals surface area contributed by atoms with E-state index in [4.69, 9.17) is 0 Å². The van der Waals surface area contributed by atoms with Crippen molar-refractivity contribution in [1.82, 2.24) is 4.90 Å². The van der Waals surface area contributed by atoms with Gasteiger partial charge in [0, 0.05) is 25.8 Å². The molecule has 1 unspecified atom stereocenters. The van der Waals surface area contributed by atoms with Crippen LogP contribution >= 0.6 is 0 Å². The topological polar surface area (TPSA) is 77.8 Å². The molecule has 0 aromatic carbocycles. The van der Waals surface area contributed by atoms with Gasteiger partial charge in [0.15, 0.2) is 0 Å². The van der Waals surface area contributed by atoms with E-state index in [1.54, 1.807) is 0 Å². The third-order valence-electron chi connectivity index (χ3n) is 4.96. The van der Waals surface area contributed by atoms with E-state index in [1.807, 2.05) is 6.92 Å². The van der Waals surface area contributed by atoms with Crippen LogP contribution in [-0.4, -0.2) is 46.2 Å². The van der Waals surface area contributed by atoms with Gasteiger partial charge in [0.2, 0.25) is 11.8 Å². The minimum atomic E-state index is -0.623. The van der Waals surface area contributed by atoms with Crippen LogP contribution in [0, 0.1) is 17.8 Å². The van der Waals surface area contributed by atoms with Crippen molar-refractivity contribution in [3.8, 4) is 0 Å². The van der Waals surface area contributed by atoms with Crippen LogP contribution in [0.25, 0.3) is 0 Å². The van der Waals surface area contributed by atoms with Crippen LogP contribution in [0.3, 0.4) is 0 Å². The Kier molecular flexibility index (Phi) is 4.81. The van der Waals surface area contributed by atoms with Crippen LogP contribution in [0.15, 0.2) is 0 Å². The van der Waals surface area contributed by atoms with E-state index in [0.29, 0.717) is 19.3 Å². The Morgan fingerprint density at radius 3 is 2.45 bits per heavy atom. The fourth-order valence-electron chi connectivity index (χ4n) is 3.52. The first-order valence-corrected chi connectivity index (χ1v) is 7.55. The lowest BCUT2D eigenvalue weighted by Gasteiger charge is -2.37. The number of hydrogen-bond donors (Lipinski definition) is 2. The Hall–Kier alpha value is -0.940. The fraction of sp³-hybridized carbons (Fsp3) is 0.867. The molecule has 1 saturated carbocycles. The maximum absolute atomic E-state index is 11.7. The Bertz CT molecular complexity index is 366. The van der Waals surface area contributed by atoms with Gasteiger partial charge in [-0.15, -0.1) is 0 Å². The fourth-order valence-corrected chi connectivity index (χ4v) is 3.52. The molecule has 2 amide bonds. The SMILES string of the molecule is C[C@H]1CCCC([C@H](O)CC2CC(=O)N(C)C(=O)C2)[C@H]1O. The minimum Gasteiger partial charge on any atom is -0.393 e. The summed E-state index contributed by atoms with van der Waals surface area (Å²) in [5.74, 6) is -0.342. The summed E-state index contributed by atoms with van der Waals surface area (Å²) in [6, 6.07) is 0. The molecule has 1 aliphatic heterocycles. The van der Waals surface area contributed by atoms with E-state index >= 15 is 0 Å². The number of aliphatic hydroxyl groups excluding tert-OH is 2. The van der Waals surface area contributed by atoms with Gasteiger partial charge in [0.25, 0.3) is 0 Å². The van der Waals surface area contributed by atoms with Gasteiger partial charge in [-0.1, -0.05) is 13.3 Å². The molecule has 0 spiro atoms. The summed E-state index contributed by atoms with van der Waals surface area (Å²) in [5.41, 5.74) is 0. The average Bonchev–Trinajstić information content (AvgIpc) is 2.39. The molecule has 20 heavy (non-hydrogen) atoms. The Balaban J connectivity index is 1.92. The molecule has 2 rings (SSSR count). The summed E-state index contributed by atoms with van der Waals surface area (Å²) in [4.78, 5) is 24.5. The Labute approximate surface area is 120 Å². The summed E-state index contributed by atoms with van der Waals surface area (Å²) < 4.78 is 0. The lowest BCUT2D eigenvalue weighted by atomic mass is 9.74. The molecular formula is C15H25NO4. The smallest absolute Gasteiger partial charge is 0.229 e. The minimum absolute atomic E-state index is 0.0920. The summed E-state index contributed by atoms with van der Waals surface area (Å²) >= 11 is 0. The van der Waals surface area contributed by atoms with Crippen LogP contribution in [0.5, 0.6) is 0 Å². The monoisotopic (exact) mass is 283 g/mol. The summed E-state index contributed by atoms with van der Waals surface area (Å²) in [5, 5.41) is 20.5. The summed E-state index contributed by atoms with van der Waals surface area (Å²) in [6.45, 7) is 2.01. The quantitative estimate of drug-likeness (QED) is 0.755. The second-order valence-electron chi connectivity index (χ2n) is 6.49. The molecule has 1 heterocycles. The first kappa shape index (κ1) is 15.4. The zero-order chi connectivity index (χ0) is 14.9. The number of imide groups is 1. The van der Waals surface area contributed by atoms with Crippen LogP contribution in [-0.2, 0) is 9.59 Å². The van der Waals surface area contributed by atoms with E-state index in [2.05, 4.69) is 0 Å². The molecule has 1 saturated heterocycles. The van der Waals surface area contributed by atoms with Gasteiger partial charge in [-0.3, -0.25) is 14.5 Å². The highest BCUT2D eigenvalue weighted by atomic mass is 16.3. The van der Waals surface area contributed by atoms with E-state index < -0.39 is 12.2 Å². The van der Waals surface area contributed by atoms with Crippen molar-refractivity contribution in [3.63, 3.8) is 0 Å². The molecule has 0 bridgehead atoms. The van der Waals surface area contributed by atoms with Crippen molar-refractivity contribution in [2.24, 2.45) is 17.8 Å². The highest BCUT2D eigenvalue weighted by Crippen LogP contribution is 2.34. The maximum atomic E-state index is 11.7. The van der Waals surface area contributed by atoms with Crippen LogP contribution in [0.1, 0.15) is 45.4 Å². The summed E-state index contributed by atoms with van der Waals surface area (Å²) in [7, 11) is 1.50. The maximum Gasteiger partial charge on any atom is 0.229 e. The first-order chi connectivity index (χ1) is 9.40. The van der Waals surface area contributed by atoms with Gasteiger partial charge in [-0.25, -0.2) is 0 Å². The van der Waals surface area contributed by atoms with Gasteiger partial charge in [-0.2, -0.15) is 0 Å². The van der Waals surface area contributed by atoms with Crippen molar-refractivity contribution in [2.75, 3.05) is 7.05 Å². The predicted molar refractivity (Wildman–Crippen MR) is 73.6 cm³/mol. The van der Waals surface area contributed by atoms with Crippen molar-refractivity contribution >= 4 is 11.8 Å². The molecule has 2 aliphatic rings. The number of amides is 2. The van der Waals surface area contributed by atoms with Gasteiger partial charge in [0.05, 0.1) is 12.2 Å². The number of carbonyl (C=O) groups is 2. The molecular weight excluding hydrogens is 258 g/mol. The van der Waals surface area contributed by atoms with Crippen LogP contribution in [0.2, 0.25) is 0 Å². The number of hydrogen-bond acceptors (Lipinski definition) is 4. The number of aliphatic hydroxyl groups is 2. The van der Waals surface area contributed by atoms with E-state index in [-0.39, 0.29) is 29.6 Å². The van der Waals surface area contributed by atoms with E-state index in [9.17, 15) is 19.8 Å². The van der Waals surface area contributed by atoms with Gasteiger partial charge < -0.3 is 10.2 Å². The molecule has 0 radical (unpaired) electrons. The molecule has 1 aliphatic carbocycles. The van der Waals surface area contributed by atoms with Crippen molar-refractivity contribution < 1.29 is 19.8 Å². The molecule has 4 atom stereocenters. The van der Waals surface area contributed by atoms with E-state index in [0.717, 1.165) is 19.3 Å². The zero-order valence-electron chi connectivity index (χ0n) is 12.3. The summed E-state index contributed by atoms with van der Waals surface area (Å²) in [6.07, 6.45) is 2.80. The Morgan fingerprint density at radius 2 is 1.85 bits per heavy atom. The molecule has 2 fully saturated rings. The standard InChI is InChI=1S/C15H25NO4/c1-9-4-3-5-11(15(9)20)12(17)6-10-7-13(18)16(2)14(19)8-10/h9-12,15,17,20H,3-8H2,1-2H3/t9-,11?,12+,15-/m0/s1. The van der Waals surface area contributed by atoms with Crippen molar-refractivity contribution in [3.05, 3.63) is 0 Å². The molecule has 5 nitrogen and oxygen atoms in total. The zero-order valence-corrected chi connectivity index (χ0v) is 12.3. The van der Waals surface area contributed by atoms with E-state index in [1.165, 1.54) is 11.9 Å². The van der Waals surface area contributed by atoms with Crippen molar-refractivity contribution in [2.45, 2.75) is 57.7 Å². The largest absolute Gasteiger partial charge is 0.393 e. The number of nitrogens with zero attached hydrogens (tertiary/aromatic N) is 1. The molecule has 5 heteroatoms. The normalized spacial score (nSPS) is 34.4. The second-order valence-corrected chi connectivity index (χ2v) is 6.49. The third kappa shape index (κ3) is 3.20. The van der Waals surface area contributed by atoms with Crippen molar-refractivity contribution in [1.29, 1.82) is 0 Å². The lowest BCUT2D eigenvalue weighted by Crippen LogP contribution is -2.43. The van der Waals surface area contributed by atoms with Crippen LogP contribution in [0.4, 0.5) is 0 Å². The number of likely N-dealkylation sites (tertiary alicyclic amines) is 1. The third-order valence-corrected chi connectivity index (χ3v) is 4.96. The predicted octanol–water partition coefficient (Wildman–Crippen LogP) is 0.929. The van der Waals surface area contributed by atoms with Gasteiger partial charge >= 0.3 is 0 Å². The number of piperidine rings is 1. The highest BCUT2D eigenvalue weighted by molar-refractivity contribution is 5.97. The highest BCUT2D eigenvalue weighted by Gasteiger charge is 2.37. The lowest BCUT2D eigenvalue weighted by molar-refractivity contribution is -0.149. The van der Waals surface area contributed by atoms with Crippen LogP contribution < -0.4 is 0 Å². The second kappa shape index (κ2) is 6.22. The number of rotatable bonds is 3. The molecule has 2 N–H and O–H groups in total. The molecule has 114 valence electrons. The Morgan fingerprint density at radius 1 is 1.25 bits per heavy atom. The molecule has 0 aromatic rings. The molecule has 0 aromatic heterocycles. The first-order valence-electron chi connectivity index (χ1n) is 7.55. The average molecular weight is 283 g/mol. The van der Waals surface area contributed by atoms with Gasteiger partial charge in [0.1, 0.15) is 0 Å².